The Labute approximate surface area is 206 Å². The van der Waals surface area contributed by atoms with E-state index in [9.17, 15) is 14.0 Å². The second-order valence-electron chi connectivity index (χ2n) is 9.06. The summed E-state index contributed by atoms with van der Waals surface area (Å²) in [6.45, 7) is 3.83. The van der Waals surface area contributed by atoms with Crippen molar-refractivity contribution >= 4 is 23.2 Å². The lowest BCUT2D eigenvalue weighted by atomic mass is 9.89. The average molecular weight is 474 g/mol. The van der Waals surface area contributed by atoms with Gasteiger partial charge in [0.05, 0.1) is 5.56 Å². The van der Waals surface area contributed by atoms with Gasteiger partial charge in [-0.1, -0.05) is 49.4 Å². The maximum Gasteiger partial charge on any atom is 0.253 e. The summed E-state index contributed by atoms with van der Waals surface area (Å²) in [6, 6.07) is 22.2. The Bertz CT molecular complexity index is 1140. The molecule has 0 aliphatic carbocycles. The summed E-state index contributed by atoms with van der Waals surface area (Å²) in [7, 11) is 0. The maximum absolute atomic E-state index is 13.2. The van der Waals surface area contributed by atoms with Gasteiger partial charge >= 0.3 is 0 Å². The average Bonchev–Trinajstić information content (AvgIpc) is 2.89. The number of halogens is 1. The summed E-state index contributed by atoms with van der Waals surface area (Å²) in [4.78, 5) is 27.4. The van der Waals surface area contributed by atoms with Crippen LogP contribution >= 0.6 is 0 Å². The lowest BCUT2D eigenvalue weighted by Crippen LogP contribution is -2.36. The lowest BCUT2D eigenvalue weighted by Gasteiger charge is -2.35. The van der Waals surface area contributed by atoms with Crippen molar-refractivity contribution in [3.8, 4) is 0 Å². The van der Waals surface area contributed by atoms with E-state index in [1.807, 2.05) is 18.2 Å². The second-order valence-corrected chi connectivity index (χ2v) is 9.06. The number of hydrogen-bond acceptors (Lipinski definition) is 3. The molecule has 35 heavy (non-hydrogen) atoms. The maximum atomic E-state index is 13.2. The highest BCUT2D eigenvalue weighted by molar-refractivity contribution is 6.02. The van der Waals surface area contributed by atoms with Crippen LogP contribution in [0.2, 0.25) is 0 Å². The third-order valence-corrected chi connectivity index (χ3v) is 6.53. The molecular weight excluding hydrogens is 441 g/mol. The highest BCUT2D eigenvalue weighted by atomic mass is 19.1. The van der Waals surface area contributed by atoms with Crippen molar-refractivity contribution in [3.63, 3.8) is 0 Å². The molecule has 0 atom stereocenters. The van der Waals surface area contributed by atoms with E-state index < -0.39 is 0 Å². The zero-order chi connectivity index (χ0) is 24.6. The van der Waals surface area contributed by atoms with E-state index >= 15 is 0 Å². The van der Waals surface area contributed by atoms with Gasteiger partial charge in [-0.2, -0.15) is 0 Å². The van der Waals surface area contributed by atoms with Gasteiger partial charge in [0.1, 0.15) is 5.82 Å². The van der Waals surface area contributed by atoms with Crippen LogP contribution in [-0.2, 0) is 17.8 Å². The quantitative estimate of drug-likeness (QED) is 0.450. The smallest absolute Gasteiger partial charge is 0.253 e. The van der Waals surface area contributed by atoms with Gasteiger partial charge in [0.25, 0.3) is 5.91 Å². The van der Waals surface area contributed by atoms with Crippen molar-refractivity contribution in [1.82, 2.24) is 5.32 Å². The van der Waals surface area contributed by atoms with E-state index in [4.69, 9.17) is 0 Å². The van der Waals surface area contributed by atoms with Gasteiger partial charge in [-0.05, 0) is 66.6 Å². The number of piperidine rings is 1. The molecule has 0 aromatic heterocycles. The first-order valence-corrected chi connectivity index (χ1v) is 12.3. The van der Waals surface area contributed by atoms with Crippen LogP contribution in [0.4, 0.5) is 15.8 Å². The number of rotatable bonds is 8. The second kappa shape index (κ2) is 11.6. The SMILES string of the molecule is CCC(=O)Nc1ccc(N2CCC(Cc3ccccc3)CC2)c(C(=O)NCc2ccc(F)cc2)c1. The minimum atomic E-state index is -0.308. The van der Waals surface area contributed by atoms with Crippen LogP contribution in [0.15, 0.2) is 72.8 Å². The highest BCUT2D eigenvalue weighted by Crippen LogP contribution is 2.30. The molecule has 1 aliphatic heterocycles. The van der Waals surface area contributed by atoms with Gasteiger partial charge in [0, 0.05) is 37.4 Å². The Kier molecular flexibility index (Phi) is 8.14. The summed E-state index contributed by atoms with van der Waals surface area (Å²) in [5.74, 6) is -0.00890. The van der Waals surface area contributed by atoms with Crippen molar-refractivity contribution in [2.75, 3.05) is 23.3 Å². The molecule has 0 unspecified atom stereocenters. The Morgan fingerprint density at radius 3 is 2.34 bits per heavy atom. The fourth-order valence-corrected chi connectivity index (χ4v) is 4.53. The number of nitrogens with one attached hydrogen (secondary N) is 2. The number of carbonyl (C=O) groups is 2. The first-order valence-electron chi connectivity index (χ1n) is 12.3. The predicted molar refractivity (Wildman–Crippen MR) is 138 cm³/mol. The third kappa shape index (κ3) is 6.69. The van der Waals surface area contributed by atoms with Crippen molar-refractivity contribution in [3.05, 3.63) is 95.3 Å². The minimum Gasteiger partial charge on any atom is -0.371 e. The van der Waals surface area contributed by atoms with E-state index in [0.29, 0.717) is 30.1 Å². The molecule has 3 aromatic rings. The molecule has 1 aliphatic rings. The molecule has 5 nitrogen and oxygen atoms in total. The summed E-state index contributed by atoms with van der Waals surface area (Å²) in [6.07, 6.45) is 3.55. The molecule has 182 valence electrons. The first-order chi connectivity index (χ1) is 17.0. The molecule has 0 radical (unpaired) electrons. The molecule has 1 heterocycles. The summed E-state index contributed by atoms with van der Waals surface area (Å²) < 4.78 is 13.2. The molecule has 3 aromatic carbocycles. The largest absolute Gasteiger partial charge is 0.371 e. The van der Waals surface area contributed by atoms with Crippen LogP contribution in [0.3, 0.4) is 0 Å². The molecule has 0 saturated carbocycles. The summed E-state index contributed by atoms with van der Waals surface area (Å²) >= 11 is 0. The van der Waals surface area contributed by atoms with E-state index in [-0.39, 0.29) is 17.6 Å². The van der Waals surface area contributed by atoms with Crippen LogP contribution in [0, 0.1) is 11.7 Å². The number of hydrogen-bond donors (Lipinski definition) is 2. The fraction of sp³-hybridized carbons (Fsp3) is 0.310. The van der Waals surface area contributed by atoms with Gasteiger partial charge in [-0.3, -0.25) is 9.59 Å². The van der Waals surface area contributed by atoms with Crippen LogP contribution < -0.4 is 15.5 Å². The Hall–Kier alpha value is -3.67. The molecule has 4 rings (SSSR count). The molecule has 1 saturated heterocycles. The van der Waals surface area contributed by atoms with E-state index in [2.05, 4.69) is 39.8 Å². The zero-order valence-electron chi connectivity index (χ0n) is 20.1. The van der Waals surface area contributed by atoms with Gasteiger partial charge in [0.2, 0.25) is 5.91 Å². The summed E-state index contributed by atoms with van der Waals surface area (Å²) in [5.41, 5.74) is 4.18. The fourth-order valence-electron chi connectivity index (χ4n) is 4.53. The summed E-state index contributed by atoms with van der Waals surface area (Å²) in [5, 5.41) is 5.80. The third-order valence-electron chi connectivity index (χ3n) is 6.53. The zero-order valence-corrected chi connectivity index (χ0v) is 20.1. The van der Waals surface area contributed by atoms with Gasteiger partial charge < -0.3 is 15.5 Å². The molecule has 0 spiro atoms. The Morgan fingerprint density at radius 2 is 1.66 bits per heavy atom. The van der Waals surface area contributed by atoms with Crippen LogP contribution in [0.5, 0.6) is 0 Å². The van der Waals surface area contributed by atoms with E-state index in [1.54, 1.807) is 25.1 Å². The molecular formula is C29H32FN3O2. The number of nitrogens with zero attached hydrogens (tertiary/aromatic N) is 1. The number of amides is 2. The van der Waals surface area contributed by atoms with Gasteiger partial charge in [-0.25, -0.2) is 4.39 Å². The standard InChI is InChI=1S/C29H32FN3O2/c1-2-28(34)32-25-12-13-27(26(19-25)29(35)31-20-23-8-10-24(30)11-9-23)33-16-14-22(15-17-33)18-21-6-4-3-5-7-21/h3-13,19,22H,2,14-18,20H2,1H3,(H,31,35)(H,32,34). The molecule has 1 fully saturated rings. The first kappa shape index (κ1) is 24.5. The minimum absolute atomic E-state index is 0.0999. The van der Waals surface area contributed by atoms with Crippen molar-refractivity contribution in [2.24, 2.45) is 5.92 Å². The Balaban J connectivity index is 1.47. The van der Waals surface area contributed by atoms with Gasteiger partial charge in [0.15, 0.2) is 0 Å². The number of benzene rings is 3. The van der Waals surface area contributed by atoms with Crippen LogP contribution in [0.25, 0.3) is 0 Å². The normalized spacial score (nSPS) is 13.9. The topological polar surface area (TPSA) is 61.4 Å². The number of anilines is 2. The van der Waals surface area contributed by atoms with Gasteiger partial charge in [-0.15, -0.1) is 0 Å². The monoisotopic (exact) mass is 473 g/mol. The molecule has 0 bridgehead atoms. The lowest BCUT2D eigenvalue weighted by molar-refractivity contribution is -0.115. The molecule has 2 N–H and O–H groups in total. The van der Waals surface area contributed by atoms with Crippen LogP contribution in [0.1, 0.15) is 47.7 Å². The Morgan fingerprint density at radius 1 is 0.943 bits per heavy atom. The molecule has 6 heteroatoms. The van der Waals surface area contributed by atoms with E-state index in [0.717, 1.165) is 43.6 Å². The predicted octanol–water partition coefficient (Wildman–Crippen LogP) is 5.56. The van der Waals surface area contributed by atoms with E-state index in [1.165, 1.54) is 17.7 Å². The van der Waals surface area contributed by atoms with Crippen LogP contribution in [-0.4, -0.2) is 24.9 Å². The molecule has 2 amide bonds. The van der Waals surface area contributed by atoms with Crippen molar-refractivity contribution in [1.29, 1.82) is 0 Å². The van der Waals surface area contributed by atoms with Crippen molar-refractivity contribution in [2.45, 2.75) is 39.2 Å². The highest BCUT2D eigenvalue weighted by Gasteiger charge is 2.24. The number of carbonyl (C=O) groups excluding carboxylic acids is 2. The van der Waals surface area contributed by atoms with Crippen molar-refractivity contribution < 1.29 is 14.0 Å².